The zero-order chi connectivity index (χ0) is 18.8. The lowest BCUT2D eigenvalue weighted by Gasteiger charge is -2.04. The van der Waals surface area contributed by atoms with Crippen molar-refractivity contribution in [1.82, 2.24) is 24.5 Å². The van der Waals surface area contributed by atoms with Crippen molar-refractivity contribution in [3.8, 4) is 0 Å². The van der Waals surface area contributed by atoms with Gasteiger partial charge in [-0.25, -0.2) is 15.0 Å². The van der Waals surface area contributed by atoms with Crippen LogP contribution in [0.5, 0.6) is 0 Å². The van der Waals surface area contributed by atoms with Gasteiger partial charge in [-0.05, 0) is 30.7 Å². The van der Waals surface area contributed by atoms with Crippen LogP contribution in [-0.2, 0) is 19.9 Å². The zero-order valence-electron chi connectivity index (χ0n) is 15.6. The van der Waals surface area contributed by atoms with Crippen LogP contribution in [0.15, 0.2) is 55.4 Å². The molecule has 0 radical (unpaired) electrons. The fourth-order valence-electron chi connectivity index (χ4n) is 3.28. The number of imidazole rings is 1. The van der Waals surface area contributed by atoms with Crippen molar-refractivity contribution < 1.29 is 0 Å². The highest BCUT2D eigenvalue weighted by atomic mass is 15.1. The second-order valence-electron chi connectivity index (χ2n) is 6.54. The van der Waals surface area contributed by atoms with Gasteiger partial charge in [0.1, 0.15) is 17.2 Å². The van der Waals surface area contributed by atoms with Crippen molar-refractivity contribution in [2.75, 3.05) is 0 Å². The number of aryl methyl sites for hydroxylation is 4. The molecule has 5 heteroatoms. The van der Waals surface area contributed by atoms with Crippen LogP contribution in [0.2, 0.25) is 0 Å². The summed E-state index contributed by atoms with van der Waals surface area (Å²) < 4.78 is 2.16. The summed E-state index contributed by atoms with van der Waals surface area (Å²) in [5.41, 5.74) is 6.19. The Kier molecular flexibility index (Phi) is 4.50. The van der Waals surface area contributed by atoms with Gasteiger partial charge < -0.3 is 4.57 Å². The van der Waals surface area contributed by atoms with E-state index < -0.39 is 0 Å². The zero-order valence-corrected chi connectivity index (χ0v) is 15.6. The lowest BCUT2D eigenvalue weighted by molar-refractivity contribution is 0.762. The van der Waals surface area contributed by atoms with Crippen molar-refractivity contribution in [3.63, 3.8) is 0 Å². The van der Waals surface area contributed by atoms with Gasteiger partial charge in [0.25, 0.3) is 0 Å². The standard InChI is InChI=1S/C22H21N5/c1-4-5-7-16-15(2)9-10-19-22(16)26-21(27(19)3)12-11-20-24-14-18-17(25-20)8-6-13-23-18/h4-10,13-14H,1,11-12H2,2-3H3/b7-5-. The average Bonchev–Trinajstić information content (AvgIpc) is 3.01. The summed E-state index contributed by atoms with van der Waals surface area (Å²) in [6, 6.07) is 8.12. The van der Waals surface area contributed by atoms with Crippen molar-refractivity contribution in [2.24, 2.45) is 7.05 Å². The molecule has 3 heterocycles. The highest BCUT2D eigenvalue weighted by Gasteiger charge is 2.12. The van der Waals surface area contributed by atoms with E-state index in [1.807, 2.05) is 18.2 Å². The van der Waals surface area contributed by atoms with E-state index in [-0.39, 0.29) is 0 Å². The number of fused-ring (bicyclic) bond motifs is 2. The SMILES string of the molecule is C=C/C=C\c1c(C)ccc2c1nc(CCc1ncc3ncccc3n1)n2C. The molecular weight excluding hydrogens is 334 g/mol. The molecule has 4 aromatic rings. The van der Waals surface area contributed by atoms with Crippen molar-refractivity contribution in [2.45, 2.75) is 19.8 Å². The molecule has 134 valence electrons. The Labute approximate surface area is 158 Å². The normalized spacial score (nSPS) is 11.6. The summed E-state index contributed by atoms with van der Waals surface area (Å²) in [5.74, 6) is 1.84. The third-order valence-corrected chi connectivity index (χ3v) is 4.78. The molecule has 27 heavy (non-hydrogen) atoms. The lowest BCUT2D eigenvalue weighted by Crippen LogP contribution is -2.03. The molecule has 0 bridgehead atoms. The number of hydrogen-bond donors (Lipinski definition) is 0. The van der Waals surface area contributed by atoms with Gasteiger partial charge in [0.05, 0.1) is 22.7 Å². The highest BCUT2D eigenvalue weighted by molar-refractivity contribution is 5.87. The van der Waals surface area contributed by atoms with Crippen molar-refractivity contribution >= 4 is 28.1 Å². The Balaban J connectivity index is 1.66. The lowest BCUT2D eigenvalue weighted by atomic mass is 10.1. The summed E-state index contributed by atoms with van der Waals surface area (Å²) in [7, 11) is 2.06. The van der Waals surface area contributed by atoms with E-state index in [2.05, 4.69) is 58.3 Å². The quantitative estimate of drug-likeness (QED) is 0.503. The molecular formula is C22H21N5. The summed E-state index contributed by atoms with van der Waals surface area (Å²) in [4.78, 5) is 18.2. The molecule has 0 unspecified atom stereocenters. The Morgan fingerprint density at radius 3 is 2.81 bits per heavy atom. The van der Waals surface area contributed by atoms with Gasteiger partial charge in [-0.1, -0.05) is 30.9 Å². The molecule has 0 N–H and O–H groups in total. The Morgan fingerprint density at radius 2 is 1.96 bits per heavy atom. The fourth-order valence-corrected chi connectivity index (χ4v) is 3.28. The Morgan fingerprint density at radius 1 is 1.07 bits per heavy atom. The summed E-state index contributed by atoms with van der Waals surface area (Å²) in [6.07, 6.45) is 10.9. The third kappa shape index (κ3) is 3.24. The first-order valence-electron chi connectivity index (χ1n) is 8.98. The van der Waals surface area contributed by atoms with Gasteiger partial charge in [0.15, 0.2) is 0 Å². The van der Waals surface area contributed by atoms with Gasteiger partial charge in [-0.3, -0.25) is 4.98 Å². The maximum Gasteiger partial charge on any atom is 0.129 e. The van der Waals surface area contributed by atoms with E-state index in [0.29, 0.717) is 0 Å². The summed E-state index contributed by atoms with van der Waals surface area (Å²) >= 11 is 0. The monoisotopic (exact) mass is 355 g/mol. The van der Waals surface area contributed by atoms with Gasteiger partial charge in [0, 0.05) is 31.6 Å². The van der Waals surface area contributed by atoms with E-state index in [4.69, 9.17) is 4.98 Å². The van der Waals surface area contributed by atoms with Gasteiger partial charge in [-0.2, -0.15) is 0 Å². The molecule has 1 aromatic carbocycles. The molecule has 0 amide bonds. The van der Waals surface area contributed by atoms with Crippen molar-refractivity contribution in [1.29, 1.82) is 0 Å². The Hall–Kier alpha value is -3.34. The minimum atomic E-state index is 0.735. The largest absolute Gasteiger partial charge is 0.331 e. The van der Waals surface area contributed by atoms with Crippen LogP contribution in [0.25, 0.3) is 28.1 Å². The molecule has 0 aliphatic rings. The number of hydrogen-bond acceptors (Lipinski definition) is 4. The molecule has 0 saturated heterocycles. The third-order valence-electron chi connectivity index (χ3n) is 4.78. The number of benzene rings is 1. The van der Waals surface area contributed by atoms with E-state index in [0.717, 1.165) is 52.1 Å². The molecule has 0 atom stereocenters. The van der Waals surface area contributed by atoms with E-state index in [9.17, 15) is 0 Å². The van der Waals surface area contributed by atoms with Crippen LogP contribution in [0.4, 0.5) is 0 Å². The predicted octanol–water partition coefficient (Wildman–Crippen LogP) is 4.20. The minimum absolute atomic E-state index is 0.735. The van der Waals surface area contributed by atoms with Gasteiger partial charge in [-0.15, -0.1) is 0 Å². The molecule has 0 aliphatic heterocycles. The van der Waals surface area contributed by atoms with Crippen LogP contribution in [0.3, 0.4) is 0 Å². The number of allylic oxidation sites excluding steroid dienone is 2. The predicted molar refractivity (Wildman–Crippen MR) is 109 cm³/mol. The van der Waals surface area contributed by atoms with Crippen LogP contribution in [0.1, 0.15) is 22.8 Å². The molecule has 4 rings (SSSR count). The number of pyridine rings is 1. The van der Waals surface area contributed by atoms with Gasteiger partial charge >= 0.3 is 0 Å². The summed E-state index contributed by atoms with van der Waals surface area (Å²) in [5, 5.41) is 0. The molecule has 3 aromatic heterocycles. The molecule has 0 spiro atoms. The van der Waals surface area contributed by atoms with Crippen LogP contribution in [0, 0.1) is 6.92 Å². The highest BCUT2D eigenvalue weighted by Crippen LogP contribution is 2.24. The number of aromatic nitrogens is 5. The molecule has 0 saturated carbocycles. The minimum Gasteiger partial charge on any atom is -0.331 e. The van der Waals surface area contributed by atoms with Crippen LogP contribution in [-0.4, -0.2) is 24.5 Å². The average molecular weight is 355 g/mol. The number of rotatable bonds is 5. The second kappa shape index (κ2) is 7.11. The van der Waals surface area contributed by atoms with Crippen LogP contribution >= 0.6 is 0 Å². The fraction of sp³-hybridized carbons (Fsp3) is 0.182. The summed E-state index contributed by atoms with van der Waals surface area (Å²) in [6.45, 7) is 5.87. The topological polar surface area (TPSA) is 56.5 Å². The van der Waals surface area contributed by atoms with E-state index in [1.54, 1.807) is 18.5 Å². The van der Waals surface area contributed by atoms with E-state index >= 15 is 0 Å². The molecule has 5 nitrogen and oxygen atoms in total. The van der Waals surface area contributed by atoms with Gasteiger partial charge in [0.2, 0.25) is 0 Å². The first-order chi connectivity index (χ1) is 13.2. The smallest absolute Gasteiger partial charge is 0.129 e. The first-order valence-corrected chi connectivity index (χ1v) is 8.98. The number of nitrogens with zero attached hydrogens (tertiary/aromatic N) is 5. The van der Waals surface area contributed by atoms with Crippen LogP contribution < -0.4 is 0 Å². The first kappa shape index (κ1) is 17.1. The van der Waals surface area contributed by atoms with Crippen molar-refractivity contribution in [3.05, 3.63) is 78.2 Å². The molecule has 0 fully saturated rings. The Bertz CT molecular complexity index is 1170. The maximum atomic E-state index is 4.91. The second-order valence-corrected chi connectivity index (χ2v) is 6.54. The maximum absolute atomic E-state index is 4.91. The molecule has 0 aliphatic carbocycles. The van der Waals surface area contributed by atoms with E-state index in [1.165, 1.54) is 5.56 Å².